The summed E-state index contributed by atoms with van der Waals surface area (Å²) >= 11 is 0. The summed E-state index contributed by atoms with van der Waals surface area (Å²) in [6.45, 7) is 7.39. The minimum absolute atomic E-state index is 0.331. The molecule has 1 heterocycles. The first-order valence-corrected chi connectivity index (χ1v) is 6.54. The third-order valence-corrected chi connectivity index (χ3v) is 3.78. The van der Waals surface area contributed by atoms with Crippen LogP contribution in [0.2, 0.25) is 0 Å². The summed E-state index contributed by atoms with van der Waals surface area (Å²) < 4.78 is 2.33. The number of hydrogen-bond donors (Lipinski definition) is 0. The van der Waals surface area contributed by atoms with Crippen molar-refractivity contribution in [3.63, 3.8) is 0 Å². The maximum absolute atomic E-state index is 11.8. The van der Waals surface area contributed by atoms with E-state index >= 15 is 0 Å². The van der Waals surface area contributed by atoms with Crippen LogP contribution in [0.25, 0.3) is 0 Å². The quantitative estimate of drug-likeness (QED) is 0.798. The third-order valence-electron chi connectivity index (χ3n) is 3.78. The van der Waals surface area contributed by atoms with Gasteiger partial charge in [0.1, 0.15) is 0 Å². The van der Waals surface area contributed by atoms with Crippen molar-refractivity contribution in [2.24, 2.45) is 0 Å². The van der Waals surface area contributed by atoms with E-state index < -0.39 is 0 Å². The van der Waals surface area contributed by atoms with E-state index in [1.165, 1.54) is 11.4 Å². The van der Waals surface area contributed by atoms with Gasteiger partial charge in [-0.3, -0.25) is 4.79 Å². The minimum Gasteiger partial charge on any atom is -0.347 e. The van der Waals surface area contributed by atoms with Gasteiger partial charge in [-0.1, -0.05) is 6.92 Å². The Morgan fingerprint density at radius 2 is 2.18 bits per heavy atom. The van der Waals surface area contributed by atoms with Gasteiger partial charge in [0.2, 0.25) is 0 Å². The van der Waals surface area contributed by atoms with E-state index in [2.05, 4.69) is 36.4 Å². The number of aryl methyl sites for hydroxylation is 1. The van der Waals surface area contributed by atoms with Gasteiger partial charge in [0.05, 0.1) is 0 Å². The molecule has 2 rings (SSSR count). The van der Waals surface area contributed by atoms with Crippen LogP contribution < -0.4 is 0 Å². The zero-order chi connectivity index (χ0) is 12.4. The topological polar surface area (TPSA) is 25.2 Å². The number of likely N-dealkylation sites (N-methyl/N-ethyl adjacent to an activating group) is 1. The summed E-state index contributed by atoms with van der Waals surface area (Å²) in [4.78, 5) is 14.1. The third kappa shape index (κ3) is 2.44. The van der Waals surface area contributed by atoms with E-state index in [0.29, 0.717) is 5.78 Å². The summed E-state index contributed by atoms with van der Waals surface area (Å²) in [5.74, 6) is 0.331. The zero-order valence-electron chi connectivity index (χ0n) is 11.1. The van der Waals surface area contributed by atoms with Gasteiger partial charge in [-0.2, -0.15) is 0 Å². The average Bonchev–Trinajstić information content (AvgIpc) is 2.64. The Labute approximate surface area is 103 Å². The number of aromatic nitrogens is 1. The first-order valence-electron chi connectivity index (χ1n) is 6.54. The van der Waals surface area contributed by atoms with E-state index in [0.717, 1.165) is 44.5 Å². The van der Waals surface area contributed by atoms with Gasteiger partial charge < -0.3 is 9.47 Å². The molecule has 17 heavy (non-hydrogen) atoms. The van der Waals surface area contributed by atoms with Crippen LogP contribution in [0, 0.1) is 6.92 Å². The standard InChI is InChI=1S/C14H22N2O/c1-4-15(3)8-9-16-11(2)10-12-13(16)6-5-7-14(12)17/h10H,4-9H2,1-3H3. The number of rotatable bonds is 4. The van der Waals surface area contributed by atoms with Crippen LogP contribution >= 0.6 is 0 Å². The molecular formula is C14H22N2O. The molecule has 0 saturated heterocycles. The number of nitrogens with zero attached hydrogens (tertiary/aromatic N) is 2. The van der Waals surface area contributed by atoms with Crippen LogP contribution in [0.1, 0.15) is 41.5 Å². The lowest BCUT2D eigenvalue weighted by atomic mass is 9.97. The highest BCUT2D eigenvalue weighted by molar-refractivity contribution is 5.98. The zero-order valence-corrected chi connectivity index (χ0v) is 11.1. The predicted molar refractivity (Wildman–Crippen MR) is 69.6 cm³/mol. The van der Waals surface area contributed by atoms with Crippen LogP contribution in [0.3, 0.4) is 0 Å². The van der Waals surface area contributed by atoms with Gasteiger partial charge in [0.25, 0.3) is 0 Å². The molecule has 0 aliphatic heterocycles. The van der Waals surface area contributed by atoms with Gasteiger partial charge in [0, 0.05) is 36.5 Å². The molecule has 0 spiro atoms. The molecule has 3 nitrogen and oxygen atoms in total. The molecule has 1 aromatic rings. The predicted octanol–water partition coefficient (Wildman–Crippen LogP) is 2.27. The maximum atomic E-state index is 11.8. The Kier molecular flexibility index (Phi) is 3.67. The highest BCUT2D eigenvalue weighted by atomic mass is 16.1. The van der Waals surface area contributed by atoms with Gasteiger partial charge in [0.15, 0.2) is 5.78 Å². The van der Waals surface area contributed by atoms with Crippen molar-refractivity contribution in [1.29, 1.82) is 0 Å². The Hall–Kier alpha value is -1.09. The maximum Gasteiger partial charge on any atom is 0.164 e. The van der Waals surface area contributed by atoms with E-state index in [9.17, 15) is 4.79 Å². The van der Waals surface area contributed by atoms with Crippen molar-refractivity contribution in [3.05, 3.63) is 23.0 Å². The molecule has 94 valence electrons. The molecule has 0 bridgehead atoms. The first-order chi connectivity index (χ1) is 8.13. The smallest absolute Gasteiger partial charge is 0.164 e. The number of carbonyl (C=O) groups is 1. The average molecular weight is 234 g/mol. The van der Waals surface area contributed by atoms with Crippen molar-refractivity contribution in [2.75, 3.05) is 20.1 Å². The van der Waals surface area contributed by atoms with E-state index in [-0.39, 0.29) is 0 Å². The summed E-state index contributed by atoms with van der Waals surface area (Å²) in [6.07, 6.45) is 2.80. The van der Waals surface area contributed by atoms with E-state index in [1.807, 2.05) is 0 Å². The Balaban J connectivity index is 2.19. The number of Topliss-reactive ketones (excluding diaryl/α,β-unsaturated/α-hetero) is 1. The molecule has 0 unspecified atom stereocenters. The molecular weight excluding hydrogens is 212 g/mol. The lowest BCUT2D eigenvalue weighted by Gasteiger charge is -2.19. The summed E-state index contributed by atoms with van der Waals surface area (Å²) in [5, 5.41) is 0. The fraction of sp³-hybridized carbons (Fsp3) is 0.643. The van der Waals surface area contributed by atoms with E-state index in [4.69, 9.17) is 0 Å². The second kappa shape index (κ2) is 5.05. The van der Waals surface area contributed by atoms with Crippen LogP contribution in [0.15, 0.2) is 6.07 Å². The Morgan fingerprint density at radius 3 is 2.88 bits per heavy atom. The van der Waals surface area contributed by atoms with E-state index in [1.54, 1.807) is 0 Å². The second-order valence-corrected chi connectivity index (χ2v) is 4.97. The van der Waals surface area contributed by atoms with Gasteiger partial charge in [-0.05, 0) is 39.4 Å². The highest BCUT2D eigenvalue weighted by Gasteiger charge is 2.22. The summed E-state index contributed by atoms with van der Waals surface area (Å²) in [5.41, 5.74) is 3.48. The molecule has 1 aromatic heterocycles. The van der Waals surface area contributed by atoms with Crippen LogP contribution in [0.4, 0.5) is 0 Å². The SMILES string of the molecule is CCN(C)CCn1c(C)cc2c1CCCC2=O. The molecule has 0 amide bonds. The van der Waals surface area contributed by atoms with Crippen molar-refractivity contribution < 1.29 is 4.79 Å². The van der Waals surface area contributed by atoms with Crippen LogP contribution in [-0.4, -0.2) is 35.4 Å². The summed E-state index contributed by atoms with van der Waals surface area (Å²) in [6, 6.07) is 2.07. The Morgan fingerprint density at radius 1 is 1.41 bits per heavy atom. The lowest BCUT2D eigenvalue weighted by molar-refractivity contribution is 0.0971. The van der Waals surface area contributed by atoms with Crippen molar-refractivity contribution in [2.45, 2.75) is 39.7 Å². The van der Waals surface area contributed by atoms with Crippen molar-refractivity contribution in [1.82, 2.24) is 9.47 Å². The molecule has 0 fully saturated rings. The number of carbonyl (C=O) groups excluding carboxylic acids is 1. The van der Waals surface area contributed by atoms with Gasteiger partial charge in [-0.15, -0.1) is 0 Å². The molecule has 0 aromatic carbocycles. The number of fused-ring (bicyclic) bond motifs is 1. The fourth-order valence-corrected chi connectivity index (χ4v) is 2.53. The molecule has 1 aliphatic carbocycles. The summed E-state index contributed by atoms with van der Waals surface area (Å²) in [7, 11) is 2.14. The minimum atomic E-state index is 0.331. The highest BCUT2D eigenvalue weighted by Crippen LogP contribution is 2.24. The number of hydrogen-bond acceptors (Lipinski definition) is 2. The molecule has 0 saturated carbocycles. The van der Waals surface area contributed by atoms with Crippen molar-refractivity contribution >= 4 is 5.78 Å². The monoisotopic (exact) mass is 234 g/mol. The normalized spacial score (nSPS) is 15.4. The first kappa shape index (κ1) is 12.4. The molecule has 0 atom stereocenters. The molecule has 1 aliphatic rings. The second-order valence-electron chi connectivity index (χ2n) is 4.97. The Bertz CT molecular complexity index is 420. The van der Waals surface area contributed by atoms with Gasteiger partial charge in [-0.25, -0.2) is 0 Å². The fourth-order valence-electron chi connectivity index (χ4n) is 2.53. The largest absolute Gasteiger partial charge is 0.347 e. The van der Waals surface area contributed by atoms with Gasteiger partial charge >= 0.3 is 0 Å². The van der Waals surface area contributed by atoms with Crippen molar-refractivity contribution in [3.8, 4) is 0 Å². The number of ketones is 1. The molecule has 3 heteroatoms. The molecule has 0 radical (unpaired) electrons. The van der Waals surface area contributed by atoms with Crippen LogP contribution in [-0.2, 0) is 13.0 Å². The molecule has 0 N–H and O–H groups in total. The van der Waals surface area contributed by atoms with Crippen LogP contribution in [0.5, 0.6) is 0 Å². The lowest BCUT2D eigenvalue weighted by Crippen LogP contribution is -2.24.